The highest BCUT2D eigenvalue weighted by Gasteiger charge is 2.21. The average molecular weight is 435 g/mol. The van der Waals surface area contributed by atoms with Crippen LogP contribution in [0.4, 0.5) is 5.69 Å². The molecule has 1 heterocycles. The van der Waals surface area contributed by atoms with E-state index >= 15 is 0 Å². The van der Waals surface area contributed by atoms with Crippen LogP contribution in [0.2, 0.25) is 0 Å². The molecule has 2 aromatic rings. The second-order valence-electron chi connectivity index (χ2n) is 7.72. The maximum atomic E-state index is 12.5. The van der Waals surface area contributed by atoms with Crippen molar-refractivity contribution in [1.82, 2.24) is 15.5 Å². The number of piperazine rings is 1. The Morgan fingerprint density at radius 2 is 1.56 bits per heavy atom. The number of para-hydroxylation sites is 1. The van der Waals surface area contributed by atoms with Gasteiger partial charge >= 0.3 is 0 Å². The zero-order chi connectivity index (χ0) is 22.8. The van der Waals surface area contributed by atoms with E-state index in [1.807, 2.05) is 53.4 Å². The molecule has 2 aromatic carbocycles. The molecule has 1 atom stereocenters. The van der Waals surface area contributed by atoms with E-state index in [0.717, 1.165) is 18.7 Å². The van der Waals surface area contributed by atoms with Crippen molar-refractivity contribution in [3.05, 3.63) is 72.3 Å². The third kappa shape index (κ3) is 6.97. The Balaban J connectivity index is 1.34. The minimum Gasteiger partial charge on any atom is -0.368 e. The molecule has 2 N–H and O–H groups in total. The van der Waals surface area contributed by atoms with Gasteiger partial charge in [-0.15, -0.1) is 0 Å². The van der Waals surface area contributed by atoms with Crippen molar-refractivity contribution in [3.8, 4) is 0 Å². The summed E-state index contributed by atoms with van der Waals surface area (Å²) in [6.45, 7) is 4.79. The number of anilines is 1. The molecule has 1 unspecified atom stereocenters. The standard InChI is InChI=1S/C25H30N4O3/c1-20(27-23(30)13-12-21-8-4-2-5-9-21)25(32)26-15-14-24(31)29-18-16-28(17-19-29)22-10-6-3-7-11-22/h2-13,20H,14-19H2,1H3,(H,26,32)(H,27,30)/b13-12+. The highest BCUT2D eigenvalue weighted by Crippen LogP contribution is 2.15. The second-order valence-corrected chi connectivity index (χ2v) is 7.72. The minimum absolute atomic E-state index is 0.0282. The second kappa shape index (κ2) is 11.7. The highest BCUT2D eigenvalue weighted by molar-refractivity contribution is 5.95. The monoisotopic (exact) mass is 434 g/mol. The number of hydrogen-bond acceptors (Lipinski definition) is 4. The summed E-state index contributed by atoms with van der Waals surface area (Å²) in [5.41, 5.74) is 2.07. The molecule has 3 amide bonds. The van der Waals surface area contributed by atoms with Crippen LogP contribution in [0.1, 0.15) is 18.9 Å². The van der Waals surface area contributed by atoms with Crippen LogP contribution in [-0.2, 0) is 14.4 Å². The lowest BCUT2D eigenvalue weighted by molar-refractivity contribution is -0.131. The summed E-state index contributed by atoms with van der Waals surface area (Å²) in [7, 11) is 0. The van der Waals surface area contributed by atoms with E-state index in [1.54, 1.807) is 13.0 Å². The fourth-order valence-electron chi connectivity index (χ4n) is 3.52. The summed E-state index contributed by atoms with van der Waals surface area (Å²) in [5.74, 6) is -0.627. The number of benzene rings is 2. The molecule has 0 aliphatic carbocycles. The molecule has 0 saturated carbocycles. The van der Waals surface area contributed by atoms with Gasteiger partial charge in [0.25, 0.3) is 0 Å². The Kier molecular flexibility index (Phi) is 8.43. The first kappa shape index (κ1) is 23.1. The van der Waals surface area contributed by atoms with Crippen molar-refractivity contribution in [3.63, 3.8) is 0 Å². The minimum atomic E-state index is -0.688. The number of carbonyl (C=O) groups excluding carboxylic acids is 3. The van der Waals surface area contributed by atoms with Gasteiger partial charge in [0.05, 0.1) is 0 Å². The largest absolute Gasteiger partial charge is 0.368 e. The molecule has 0 aromatic heterocycles. The van der Waals surface area contributed by atoms with E-state index < -0.39 is 6.04 Å². The molecule has 0 radical (unpaired) electrons. The zero-order valence-corrected chi connectivity index (χ0v) is 18.4. The average Bonchev–Trinajstić information content (AvgIpc) is 2.84. The molecule has 1 aliphatic rings. The van der Waals surface area contributed by atoms with Gasteiger partial charge in [-0.05, 0) is 30.7 Å². The van der Waals surface area contributed by atoms with Gasteiger partial charge in [-0.1, -0.05) is 48.5 Å². The Labute approximate surface area is 189 Å². The predicted octanol–water partition coefficient (Wildman–Crippen LogP) is 2.06. The number of rotatable bonds is 8. The van der Waals surface area contributed by atoms with Gasteiger partial charge in [-0.2, -0.15) is 0 Å². The Morgan fingerprint density at radius 1 is 0.938 bits per heavy atom. The molecule has 1 saturated heterocycles. The normalized spacial score (nSPS) is 14.8. The van der Waals surface area contributed by atoms with Crippen LogP contribution in [0.15, 0.2) is 66.7 Å². The first-order valence-electron chi connectivity index (χ1n) is 10.9. The van der Waals surface area contributed by atoms with Gasteiger partial charge in [-0.3, -0.25) is 14.4 Å². The Bertz CT molecular complexity index is 923. The molecule has 168 valence electrons. The van der Waals surface area contributed by atoms with Gasteiger partial charge in [0.2, 0.25) is 17.7 Å². The fraction of sp³-hybridized carbons (Fsp3) is 0.320. The van der Waals surface area contributed by atoms with E-state index in [9.17, 15) is 14.4 Å². The molecule has 0 spiro atoms. The molecular weight excluding hydrogens is 404 g/mol. The molecule has 7 nitrogen and oxygen atoms in total. The van der Waals surface area contributed by atoms with Crippen molar-refractivity contribution < 1.29 is 14.4 Å². The van der Waals surface area contributed by atoms with Gasteiger partial charge in [0.1, 0.15) is 6.04 Å². The summed E-state index contributed by atoms with van der Waals surface area (Å²) >= 11 is 0. The highest BCUT2D eigenvalue weighted by atomic mass is 16.2. The van der Waals surface area contributed by atoms with E-state index in [1.165, 1.54) is 11.8 Å². The quantitative estimate of drug-likeness (QED) is 0.623. The third-order valence-electron chi connectivity index (χ3n) is 5.37. The predicted molar refractivity (Wildman–Crippen MR) is 126 cm³/mol. The summed E-state index contributed by atoms with van der Waals surface area (Å²) in [5, 5.41) is 5.36. The van der Waals surface area contributed by atoms with Gasteiger partial charge in [0, 0.05) is 50.9 Å². The van der Waals surface area contributed by atoms with Crippen LogP contribution in [-0.4, -0.2) is 61.4 Å². The first-order valence-corrected chi connectivity index (χ1v) is 10.9. The lowest BCUT2D eigenvalue weighted by Gasteiger charge is -2.36. The molecule has 3 rings (SSSR count). The summed E-state index contributed by atoms with van der Waals surface area (Å²) in [6, 6.07) is 18.9. The number of amides is 3. The van der Waals surface area contributed by atoms with Gasteiger partial charge < -0.3 is 20.4 Å². The molecule has 1 fully saturated rings. The molecule has 7 heteroatoms. The van der Waals surface area contributed by atoms with E-state index in [0.29, 0.717) is 13.1 Å². The summed E-state index contributed by atoms with van der Waals surface area (Å²) in [6.07, 6.45) is 3.33. The van der Waals surface area contributed by atoms with E-state index in [2.05, 4.69) is 27.7 Å². The summed E-state index contributed by atoms with van der Waals surface area (Å²) in [4.78, 5) is 40.8. The molecule has 0 bridgehead atoms. The van der Waals surface area contributed by atoms with Crippen LogP contribution in [0.3, 0.4) is 0 Å². The van der Waals surface area contributed by atoms with Crippen LogP contribution >= 0.6 is 0 Å². The van der Waals surface area contributed by atoms with Crippen LogP contribution in [0.25, 0.3) is 6.08 Å². The fourth-order valence-corrected chi connectivity index (χ4v) is 3.52. The third-order valence-corrected chi connectivity index (χ3v) is 5.37. The van der Waals surface area contributed by atoms with Crippen molar-refractivity contribution in [2.75, 3.05) is 37.6 Å². The van der Waals surface area contributed by atoms with Crippen molar-refractivity contribution in [1.29, 1.82) is 0 Å². The number of hydrogen-bond donors (Lipinski definition) is 2. The maximum absolute atomic E-state index is 12.5. The first-order chi connectivity index (χ1) is 15.5. The summed E-state index contributed by atoms with van der Waals surface area (Å²) < 4.78 is 0. The molecular formula is C25H30N4O3. The lowest BCUT2D eigenvalue weighted by atomic mass is 10.2. The zero-order valence-electron chi connectivity index (χ0n) is 18.4. The molecule has 1 aliphatic heterocycles. The number of carbonyl (C=O) groups is 3. The Hall–Kier alpha value is -3.61. The van der Waals surface area contributed by atoms with Crippen LogP contribution in [0.5, 0.6) is 0 Å². The lowest BCUT2D eigenvalue weighted by Crippen LogP contribution is -2.49. The molecule has 32 heavy (non-hydrogen) atoms. The smallest absolute Gasteiger partial charge is 0.244 e. The maximum Gasteiger partial charge on any atom is 0.244 e. The van der Waals surface area contributed by atoms with Crippen molar-refractivity contribution >= 4 is 29.5 Å². The Morgan fingerprint density at radius 3 is 2.22 bits per heavy atom. The topological polar surface area (TPSA) is 81.8 Å². The number of nitrogens with one attached hydrogen (secondary N) is 2. The van der Waals surface area contributed by atoms with Gasteiger partial charge in [-0.25, -0.2) is 0 Å². The van der Waals surface area contributed by atoms with Crippen LogP contribution < -0.4 is 15.5 Å². The van der Waals surface area contributed by atoms with Crippen molar-refractivity contribution in [2.24, 2.45) is 0 Å². The van der Waals surface area contributed by atoms with Gasteiger partial charge in [0.15, 0.2) is 0 Å². The number of nitrogens with zero attached hydrogens (tertiary/aromatic N) is 2. The van der Waals surface area contributed by atoms with Crippen molar-refractivity contribution in [2.45, 2.75) is 19.4 Å². The van der Waals surface area contributed by atoms with Crippen LogP contribution in [0, 0.1) is 0 Å². The van der Waals surface area contributed by atoms with E-state index in [4.69, 9.17) is 0 Å². The SMILES string of the molecule is CC(NC(=O)/C=C/c1ccccc1)C(=O)NCCC(=O)N1CCN(c2ccccc2)CC1. The van der Waals surface area contributed by atoms with E-state index in [-0.39, 0.29) is 30.7 Å².